The van der Waals surface area contributed by atoms with Crippen LogP contribution in [0.3, 0.4) is 0 Å². The van der Waals surface area contributed by atoms with Crippen molar-refractivity contribution in [1.29, 1.82) is 0 Å². The Kier molecular flexibility index (Phi) is 17.7. The Morgan fingerprint density at radius 1 is 0.818 bits per heavy atom. The molecule has 0 fully saturated rings. The average Bonchev–Trinajstić information content (AvgIpc) is 2.40. The maximum absolute atomic E-state index is 9.27. The van der Waals surface area contributed by atoms with Gasteiger partial charge < -0.3 is 19.1 Å². The van der Waals surface area contributed by atoms with E-state index in [0.29, 0.717) is 0 Å². The first-order chi connectivity index (χ1) is 10.3. The molecule has 22 heavy (non-hydrogen) atoms. The van der Waals surface area contributed by atoms with Crippen molar-refractivity contribution >= 4 is 6.16 Å². The lowest BCUT2D eigenvalue weighted by Crippen LogP contribution is -2.35. The molecule has 0 spiro atoms. The smallest absolute Gasteiger partial charge is 0.251 e. The number of carbonyl (C=O) groups excluding carboxylic acids is 1. The first-order valence-corrected chi connectivity index (χ1v) is 8.97. The van der Waals surface area contributed by atoms with Crippen LogP contribution in [0.4, 0.5) is 4.79 Å². The van der Waals surface area contributed by atoms with Crippen LogP contribution in [-0.4, -0.2) is 44.9 Å². The number of carboxylic acid groups (broad SMARTS) is 1. The Hall–Kier alpha value is -0.770. The molecular weight excluding hydrogens is 278 g/mol. The SMILES string of the molecule is CCCCCCCCCCCC[N+](C)(C)C.CCOC(=O)[O-]. The first-order valence-electron chi connectivity index (χ1n) is 8.97. The van der Waals surface area contributed by atoms with Crippen LogP contribution in [0.1, 0.15) is 78.1 Å². The van der Waals surface area contributed by atoms with Crippen molar-refractivity contribution in [2.75, 3.05) is 34.3 Å². The van der Waals surface area contributed by atoms with Crippen molar-refractivity contribution in [2.45, 2.75) is 78.1 Å². The van der Waals surface area contributed by atoms with Crippen molar-refractivity contribution in [3.05, 3.63) is 0 Å². The zero-order chi connectivity index (χ0) is 17.3. The van der Waals surface area contributed by atoms with Gasteiger partial charge >= 0.3 is 0 Å². The fourth-order valence-electron chi connectivity index (χ4n) is 2.19. The Bertz CT molecular complexity index is 237. The van der Waals surface area contributed by atoms with Crippen LogP contribution >= 0.6 is 0 Å². The van der Waals surface area contributed by atoms with E-state index >= 15 is 0 Å². The van der Waals surface area contributed by atoms with E-state index in [4.69, 9.17) is 0 Å². The summed E-state index contributed by atoms with van der Waals surface area (Å²) in [7, 11) is 6.86. The van der Waals surface area contributed by atoms with E-state index in [1.54, 1.807) is 6.92 Å². The Morgan fingerprint density at radius 3 is 1.50 bits per heavy atom. The first kappa shape index (κ1) is 23.5. The molecule has 0 unspecified atom stereocenters. The number of carbonyl (C=O) groups is 1. The molecule has 0 atom stereocenters. The molecule has 0 aromatic heterocycles. The van der Waals surface area contributed by atoms with Crippen LogP contribution in [-0.2, 0) is 4.74 Å². The topological polar surface area (TPSA) is 49.4 Å². The zero-order valence-corrected chi connectivity index (χ0v) is 15.7. The van der Waals surface area contributed by atoms with Gasteiger partial charge in [0.1, 0.15) is 0 Å². The molecule has 134 valence electrons. The van der Waals surface area contributed by atoms with Crippen LogP contribution in [0.2, 0.25) is 0 Å². The molecule has 0 bridgehead atoms. The minimum absolute atomic E-state index is 0.169. The number of unbranched alkanes of at least 4 members (excludes halogenated alkanes) is 9. The Labute approximate surface area is 138 Å². The third-order valence-corrected chi connectivity index (χ3v) is 3.44. The van der Waals surface area contributed by atoms with E-state index in [-0.39, 0.29) is 6.61 Å². The van der Waals surface area contributed by atoms with Gasteiger partial charge in [-0.3, -0.25) is 0 Å². The molecule has 4 heteroatoms. The van der Waals surface area contributed by atoms with Crippen LogP contribution in [0, 0.1) is 0 Å². The minimum Gasteiger partial charge on any atom is -0.550 e. The summed E-state index contributed by atoms with van der Waals surface area (Å²) in [5.74, 6) is 0. The van der Waals surface area contributed by atoms with Crippen molar-refractivity contribution in [2.24, 2.45) is 0 Å². The van der Waals surface area contributed by atoms with Gasteiger partial charge in [-0.2, -0.15) is 0 Å². The van der Waals surface area contributed by atoms with E-state index < -0.39 is 6.16 Å². The summed E-state index contributed by atoms with van der Waals surface area (Å²) < 4.78 is 4.97. The lowest BCUT2D eigenvalue weighted by Gasteiger charge is -2.23. The Balaban J connectivity index is 0. The molecule has 0 rings (SSSR count). The van der Waals surface area contributed by atoms with E-state index in [9.17, 15) is 9.90 Å². The molecule has 0 N–H and O–H groups in total. The number of rotatable bonds is 12. The van der Waals surface area contributed by atoms with Crippen molar-refractivity contribution in [3.63, 3.8) is 0 Å². The van der Waals surface area contributed by atoms with Gasteiger partial charge in [-0.25, -0.2) is 0 Å². The van der Waals surface area contributed by atoms with Crippen LogP contribution in [0.25, 0.3) is 0 Å². The summed E-state index contributed by atoms with van der Waals surface area (Å²) in [5.41, 5.74) is 0. The summed E-state index contributed by atoms with van der Waals surface area (Å²) in [6, 6.07) is 0. The second kappa shape index (κ2) is 16.6. The van der Waals surface area contributed by atoms with E-state index in [1.165, 1.54) is 70.8 Å². The second-order valence-electron chi connectivity index (χ2n) is 6.88. The van der Waals surface area contributed by atoms with Gasteiger partial charge in [0, 0.05) is 6.61 Å². The van der Waals surface area contributed by atoms with Crippen LogP contribution < -0.4 is 5.11 Å². The third-order valence-electron chi connectivity index (χ3n) is 3.44. The van der Waals surface area contributed by atoms with Gasteiger partial charge in [-0.1, -0.05) is 58.3 Å². The van der Waals surface area contributed by atoms with Crippen LogP contribution in [0.5, 0.6) is 0 Å². The standard InChI is InChI=1S/C15H34N.C3H6O3/c1-5-6-7-8-9-10-11-12-13-14-15-16(2,3)4;1-2-6-3(4)5/h5-15H2,1-4H3;2H2,1H3,(H,4,5)/q+1;/p-1. The fraction of sp³-hybridized carbons (Fsp3) is 0.944. The molecule has 0 saturated heterocycles. The normalized spacial score (nSPS) is 10.8. The largest absolute Gasteiger partial charge is 0.550 e. The second-order valence-corrected chi connectivity index (χ2v) is 6.88. The van der Waals surface area contributed by atoms with E-state index in [2.05, 4.69) is 32.8 Å². The lowest BCUT2D eigenvalue weighted by molar-refractivity contribution is -0.870. The fourth-order valence-corrected chi connectivity index (χ4v) is 2.19. The molecule has 0 aromatic rings. The molecule has 0 aromatic carbocycles. The highest BCUT2D eigenvalue weighted by Crippen LogP contribution is 2.10. The molecule has 0 aliphatic carbocycles. The van der Waals surface area contributed by atoms with Gasteiger partial charge in [-0.15, -0.1) is 0 Å². The Morgan fingerprint density at radius 2 is 1.23 bits per heavy atom. The van der Waals surface area contributed by atoms with Crippen molar-refractivity contribution in [1.82, 2.24) is 0 Å². The molecule has 0 saturated carbocycles. The highest BCUT2D eigenvalue weighted by molar-refractivity contribution is 5.53. The number of nitrogens with zero attached hydrogens (tertiary/aromatic N) is 1. The quantitative estimate of drug-likeness (QED) is 0.311. The molecule has 0 aliphatic heterocycles. The summed E-state index contributed by atoms with van der Waals surface area (Å²) in [6.07, 6.45) is 12.9. The van der Waals surface area contributed by atoms with Gasteiger partial charge in [0.25, 0.3) is 6.16 Å². The molecule has 0 radical (unpaired) electrons. The van der Waals surface area contributed by atoms with Gasteiger partial charge in [0.2, 0.25) is 0 Å². The van der Waals surface area contributed by atoms with Crippen molar-refractivity contribution in [3.8, 4) is 0 Å². The summed E-state index contributed by atoms with van der Waals surface area (Å²) in [5, 5.41) is 9.27. The average molecular weight is 318 g/mol. The third kappa shape index (κ3) is 27.6. The van der Waals surface area contributed by atoms with E-state index in [0.717, 1.165) is 4.48 Å². The zero-order valence-electron chi connectivity index (χ0n) is 15.7. The summed E-state index contributed by atoms with van der Waals surface area (Å²) >= 11 is 0. The molecule has 0 amide bonds. The maximum atomic E-state index is 9.27. The van der Waals surface area contributed by atoms with Crippen LogP contribution in [0.15, 0.2) is 0 Å². The predicted octanol–water partition coefficient (Wildman–Crippen LogP) is 3.98. The number of hydrogen-bond acceptors (Lipinski definition) is 3. The van der Waals surface area contributed by atoms with Crippen molar-refractivity contribution < 1.29 is 19.1 Å². The number of hydrogen-bond donors (Lipinski definition) is 0. The molecule has 0 heterocycles. The lowest BCUT2D eigenvalue weighted by atomic mass is 10.1. The molecular formula is C18H39NO3. The maximum Gasteiger partial charge on any atom is 0.251 e. The van der Waals surface area contributed by atoms with Gasteiger partial charge in [0.15, 0.2) is 0 Å². The summed E-state index contributed by atoms with van der Waals surface area (Å²) in [4.78, 5) is 9.27. The highest BCUT2D eigenvalue weighted by atomic mass is 16.7. The molecule has 4 nitrogen and oxygen atoms in total. The monoisotopic (exact) mass is 317 g/mol. The number of quaternary nitrogens is 1. The van der Waals surface area contributed by atoms with E-state index in [1.807, 2.05) is 0 Å². The minimum atomic E-state index is -1.46. The summed E-state index contributed by atoms with van der Waals surface area (Å²) in [6.45, 7) is 5.36. The number of ether oxygens (including phenoxy) is 1. The van der Waals surface area contributed by atoms with Gasteiger partial charge in [-0.05, 0) is 19.8 Å². The van der Waals surface area contributed by atoms with Gasteiger partial charge in [0.05, 0.1) is 27.7 Å². The molecule has 0 aliphatic rings. The highest BCUT2D eigenvalue weighted by Gasteiger charge is 2.04. The predicted molar refractivity (Wildman–Crippen MR) is 91.8 cm³/mol.